The third-order valence-corrected chi connectivity index (χ3v) is 9.56. The van der Waals surface area contributed by atoms with Crippen LogP contribution in [0.5, 0.6) is 0 Å². The number of hydrogen-bond acceptors (Lipinski definition) is 8. The quantitative estimate of drug-likeness (QED) is 0.275. The van der Waals surface area contributed by atoms with Crippen LogP contribution in [0.25, 0.3) is 10.4 Å². The first-order valence-corrected chi connectivity index (χ1v) is 15.0. The molecule has 2 amide bonds. The molecule has 1 unspecified atom stereocenters. The summed E-state index contributed by atoms with van der Waals surface area (Å²) in [6, 6.07) is 17.7. The van der Waals surface area contributed by atoms with Gasteiger partial charge in [0.25, 0.3) is 11.8 Å². The summed E-state index contributed by atoms with van der Waals surface area (Å²) >= 11 is 3.02. The molecule has 10 heteroatoms. The van der Waals surface area contributed by atoms with Crippen molar-refractivity contribution in [3.05, 3.63) is 98.8 Å². The summed E-state index contributed by atoms with van der Waals surface area (Å²) in [5, 5.41) is 26.7. The number of carbonyl (C=O) groups is 2. The molecule has 1 fully saturated rings. The van der Waals surface area contributed by atoms with Crippen molar-refractivity contribution in [3.8, 4) is 10.4 Å². The number of nitrogens with one attached hydrogen (secondary N) is 1. The summed E-state index contributed by atoms with van der Waals surface area (Å²) in [4.78, 5) is 36.8. The number of carbonyl (C=O) groups excluding carboxylic acids is 2. The zero-order valence-corrected chi connectivity index (χ0v) is 23.6. The molecule has 4 atom stereocenters. The van der Waals surface area contributed by atoms with Crippen LogP contribution >= 0.6 is 22.7 Å². The predicted molar refractivity (Wildman–Crippen MR) is 155 cm³/mol. The number of aliphatic hydroxyl groups excluding tert-OH is 2. The van der Waals surface area contributed by atoms with Crippen molar-refractivity contribution in [1.82, 2.24) is 20.1 Å². The maximum atomic E-state index is 14.1. The Balaban J connectivity index is 1.18. The van der Waals surface area contributed by atoms with Gasteiger partial charge in [-0.25, -0.2) is 4.98 Å². The first kappa shape index (κ1) is 26.8. The number of nitrogens with zero attached hydrogens (tertiary/aromatic N) is 3. The monoisotopic (exact) mass is 574 g/mol. The third-order valence-electron chi connectivity index (χ3n) is 7.65. The number of thiophene rings is 1. The number of aromatic nitrogens is 1. The summed E-state index contributed by atoms with van der Waals surface area (Å²) < 4.78 is 0. The fraction of sp³-hybridized carbons (Fsp3) is 0.300. The van der Waals surface area contributed by atoms with Gasteiger partial charge >= 0.3 is 0 Å². The number of fused-ring (bicyclic) bond motifs is 1. The Morgan fingerprint density at radius 1 is 1.12 bits per heavy atom. The van der Waals surface area contributed by atoms with Crippen LogP contribution < -0.4 is 5.32 Å². The van der Waals surface area contributed by atoms with Gasteiger partial charge in [-0.1, -0.05) is 48.5 Å². The van der Waals surface area contributed by atoms with Crippen molar-refractivity contribution in [2.24, 2.45) is 0 Å². The number of aryl methyl sites for hydroxylation is 1. The Bertz CT molecular complexity index is 1500. The number of likely N-dealkylation sites (tertiary alicyclic amines) is 1. The summed E-state index contributed by atoms with van der Waals surface area (Å²) in [6.45, 7) is 2.82. The second-order valence-corrected chi connectivity index (χ2v) is 12.1. The van der Waals surface area contributed by atoms with Crippen LogP contribution in [-0.4, -0.2) is 61.7 Å². The predicted octanol–water partition coefficient (Wildman–Crippen LogP) is 3.95. The van der Waals surface area contributed by atoms with E-state index < -0.39 is 24.4 Å². The fourth-order valence-electron chi connectivity index (χ4n) is 5.61. The summed E-state index contributed by atoms with van der Waals surface area (Å²) in [5.41, 5.74) is 6.40. The van der Waals surface area contributed by atoms with Gasteiger partial charge in [-0.05, 0) is 47.5 Å². The zero-order chi connectivity index (χ0) is 27.8. The van der Waals surface area contributed by atoms with E-state index in [-0.39, 0.29) is 24.8 Å². The summed E-state index contributed by atoms with van der Waals surface area (Å²) in [6.07, 6.45) is -1.57. The van der Waals surface area contributed by atoms with E-state index in [4.69, 9.17) is 0 Å². The second kappa shape index (κ2) is 11.2. The minimum absolute atomic E-state index is 0.0992. The summed E-state index contributed by atoms with van der Waals surface area (Å²) in [5.74, 6) is -0.482. The van der Waals surface area contributed by atoms with Gasteiger partial charge in [0.15, 0.2) is 0 Å². The number of β-amino-alcohol motifs (C(OH)–C–C–N with tert-alkyl or cyclic N) is 1. The van der Waals surface area contributed by atoms with Crippen molar-refractivity contribution >= 4 is 34.5 Å². The highest BCUT2D eigenvalue weighted by molar-refractivity contribution is 7.13. The minimum Gasteiger partial charge on any atom is -0.391 e. The van der Waals surface area contributed by atoms with Gasteiger partial charge in [0.2, 0.25) is 0 Å². The van der Waals surface area contributed by atoms with E-state index in [0.29, 0.717) is 18.7 Å². The molecule has 3 N–H and O–H groups in total. The summed E-state index contributed by atoms with van der Waals surface area (Å²) in [7, 11) is 0. The molecular formula is C30H30N4O4S2. The van der Waals surface area contributed by atoms with Gasteiger partial charge in [-0.2, -0.15) is 0 Å². The Kier molecular flexibility index (Phi) is 7.52. The third kappa shape index (κ3) is 5.09. The Morgan fingerprint density at radius 3 is 2.62 bits per heavy atom. The van der Waals surface area contributed by atoms with Crippen LogP contribution in [0.3, 0.4) is 0 Å². The SMILES string of the molecule is Cc1ncsc1-c1ccc(CNC(O)[C@@H]2C[C@@H](O)CN2C(=O)[C@H](c2cccs2)N2Cc3ccccc3C2=O)cc1. The van der Waals surface area contributed by atoms with Crippen LogP contribution in [0.1, 0.15) is 44.5 Å². The molecule has 2 aromatic carbocycles. The molecule has 2 aromatic heterocycles. The maximum absolute atomic E-state index is 14.1. The number of amides is 2. The standard InChI is InChI=1S/C30H30N4O4S2/c1-18-27(40-17-32-18)20-10-8-19(9-11-20)14-31-28(36)24-13-22(35)16-33(24)30(38)26(25-7-4-12-39-25)34-15-21-5-2-3-6-23(21)29(34)37/h2-12,17,22,24,26,28,31,35-36H,13-16H2,1H3/t22-,24+,26+,28?/m1/s1. The van der Waals surface area contributed by atoms with E-state index >= 15 is 0 Å². The lowest BCUT2D eigenvalue weighted by Gasteiger charge is -2.34. The van der Waals surface area contributed by atoms with E-state index in [1.165, 1.54) is 11.3 Å². The van der Waals surface area contributed by atoms with Gasteiger partial charge in [0.05, 0.1) is 28.2 Å². The average molecular weight is 575 g/mol. The molecule has 2 aliphatic heterocycles. The molecule has 0 aliphatic carbocycles. The Morgan fingerprint density at radius 2 is 1.93 bits per heavy atom. The minimum atomic E-state index is -1.06. The van der Waals surface area contributed by atoms with Crippen LogP contribution in [0, 0.1) is 6.92 Å². The highest BCUT2D eigenvalue weighted by atomic mass is 32.1. The van der Waals surface area contributed by atoms with Gasteiger partial charge in [-0.3, -0.25) is 14.9 Å². The Hall–Kier alpha value is -3.41. The maximum Gasteiger partial charge on any atom is 0.255 e. The van der Waals surface area contributed by atoms with E-state index in [9.17, 15) is 19.8 Å². The number of rotatable bonds is 8. The van der Waals surface area contributed by atoms with Gasteiger partial charge in [0, 0.05) is 30.1 Å². The molecule has 1 saturated heterocycles. The van der Waals surface area contributed by atoms with Crippen molar-refractivity contribution in [2.45, 2.75) is 50.8 Å². The largest absolute Gasteiger partial charge is 0.391 e. The van der Waals surface area contributed by atoms with Crippen molar-refractivity contribution in [1.29, 1.82) is 0 Å². The lowest BCUT2D eigenvalue weighted by Crippen LogP contribution is -2.52. The smallest absolute Gasteiger partial charge is 0.255 e. The molecule has 8 nitrogen and oxygen atoms in total. The lowest BCUT2D eigenvalue weighted by molar-refractivity contribution is -0.140. The molecule has 0 bridgehead atoms. The highest BCUT2D eigenvalue weighted by Gasteiger charge is 2.45. The van der Waals surface area contributed by atoms with Gasteiger partial charge < -0.3 is 20.0 Å². The van der Waals surface area contributed by atoms with Crippen LogP contribution in [0.2, 0.25) is 0 Å². The molecule has 2 aliphatic rings. The molecule has 0 radical (unpaired) electrons. The molecule has 206 valence electrons. The Labute approximate surface area is 240 Å². The number of thiazole rings is 1. The lowest BCUT2D eigenvalue weighted by atomic mass is 10.1. The van der Waals surface area contributed by atoms with Crippen molar-refractivity contribution < 1.29 is 19.8 Å². The molecular weight excluding hydrogens is 544 g/mol. The van der Waals surface area contributed by atoms with Crippen molar-refractivity contribution in [2.75, 3.05) is 6.54 Å². The zero-order valence-electron chi connectivity index (χ0n) is 21.9. The molecule has 0 saturated carbocycles. The fourth-order valence-corrected chi connectivity index (χ4v) is 7.25. The second-order valence-electron chi connectivity index (χ2n) is 10.2. The highest BCUT2D eigenvalue weighted by Crippen LogP contribution is 2.36. The van der Waals surface area contributed by atoms with Crippen LogP contribution in [-0.2, 0) is 17.9 Å². The van der Waals surface area contributed by atoms with E-state index in [1.54, 1.807) is 27.2 Å². The average Bonchev–Trinajstić information content (AvgIpc) is 3.77. The molecule has 4 heterocycles. The van der Waals surface area contributed by atoms with E-state index in [1.807, 2.05) is 72.4 Å². The normalized spacial score (nSPS) is 20.1. The van der Waals surface area contributed by atoms with Crippen LogP contribution in [0.4, 0.5) is 0 Å². The number of hydrogen-bond donors (Lipinski definition) is 3. The van der Waals surface area contributed by atoms with Gasteiger partial charge in [-0.15, -0.1) is 22.7 Å². The first-order chi connectivity index (χ1) is 19.4. The molecule has 0 spiro atoms. The first-order valence-electron chi connectivity index (χ1n) is 13.2. The topological polar surface area (TPSA) is 106 Å². The number of aliphatic hydroxyl groups is 2. The van der Waals surface area contributed by atoms with E-state index in [2.05, 4.69) is 10.3 Å². The van der Waals surface area contributed by atoms with E-state index in [0.717, 1.165) is 32.1 Å². The number of benzene rings is 2. The molecule has 6 rings (SSSR count). The van der Waals surface area contributed by atoms with Gasteiger partial charge in [0.1, 0.15) is 12.3 Å². The molecule has 40 heavy (non-hydrogen) atoms. The van der Waals surface area contributed by atoms with Crippen LogP contribution in [0.15, 0.2) is 71.6 Å². The van der Waals surface area contributed by atoms with Crippen molar-refractivity contribution in [3.63, 3.8) is 0 Å². The molecule has 4 aromatic rings.